The van der Waals surface area contributed by atoms with E-state index in [2.05, 4.69) is 0 Å². The third-order valence-corrected chi connectivity index (χ3v) is 5.47. The van der Waals surface area contributed by atoms with Crippen molar-refractivity contribution in [3.05, 3.63) is 92.6 Å². The van der Waals surface area contributed by atoms with E-state index < -0.39 is 34.5 Å². The van der Waals surface area contributed by atoms with Crippen LogP contribution in [0.25, 0.3) is 5.69 Å². The van der Waals surface area contributed by atoms with Crippen LogP contribution in [0.5, 0.6) is 5.88 Å². The lowest BCUT2D eigenvalue weighted by Gasteiger charge is -2.22. The molecule has 0 bridgehead atoms. The zero-order chi connectivity index (χ0) is 21.8. The van der Waals surface area contributed by atoms with E-state index in [-0.39, 0.29) is 17.9 Å². The molecule has 1 saturated heterocycles. The van der Waals surface area contributed by atoms with Gasteiger partial charge >= 0.3 is 5.69 Å². The number of hydrogen-bond donors (Lipinski definition) is 1. The summed E-state index contributed by atoms with van der Waals surface area (Å²) < 4.78 is 34.6. The highest BCUT2D eigenvalue weighted by atomic mass is 32.2. The van der Waals surface area contributed by atoms with Gasteiger partial charge in [-0.25, -0.2) is 18.1 Å². The van der Waals surface area contributed by atoms with Crippen molar-refractivity contribution < 1.29 is 18.2 Å². The molecule has 2 unspecified atom stereocenters. The maximum absolute atomic E-state index is 13.3. The largest absolute Gasteiger partial charge is 0.449 e. The standard InChI is InChI=1S/C22H22N2O6S/c25-20-18(14-16-8-3-1-4-9-16)21(30-19-12-7-13-29-19)24(17-10-5-2-6-11-17)22(26)23(20)15-31(27)28/h1-6,8-11,19H,7,12-15H2,(H,27,28). The van der Waals surface area contributed by atoms with Crippen molar-refractivity contribution in [2.24, 2.45) is 0 Å². The zero-order valence-corrected chi connectivity index (χ0v) is 17.5. The number of nitrogens with zero attached hydrogens (tertiary/aromatic N) is 2. The number of ether oxygens (including phenoxy) is 2. The van der Waals surface area contributed by atoms with Crippen molar-refractivity contribution >= 4 is 11.1 Å². The molecule has 4 rings (SSSR count). The Morgan fingerprint density at radius 1 is 1.06 bits per heavy atom. The molecule has 0 amide bonds. The van der Waals surface area contributed by atoms with E-state index in [1.165, 1.54) is 4.57 Å². The second kappa shape index (κ2) is 9.42. The molecule has 2 aromatic carbocycles. The van der Waals surface area contributed by atoms with Crippen LogP contribution in [-0.4, -0.2) is 30.8 Å². The van der Waals surface area contributed by atoms with E-state index in [0.717, 1.165) is 16.6 Å². The monoisotopic (exact) mass is 442 g/mol. The van der Waals surface area contributed by atoms with Crippen LogP contribution in [0.15, 0.2) is 70.3 Å². The Morgan fingerprint density at radius 3 is 2.35 bits per heavy atom. The maximum atomic E-state index is 13.3. The first-order chi connectivity index (χ1) is 15.0. The molecule has 1 aliphatic rings. The fourth-order valence-corrected chi connectivity index (χ4v) is 4.00. The molecule has 162 valence electrons. The molecule has 1 aliphatic heterocycles. The van der Waals surface area contributed by atoms with Crippen molar-refractivity contribution in [3.8, 4) is 11.6 Å². The van der Waals surface area contributed by atoms with Gasteiger partial charge in [-0.2, -0.15) is 0 Å². The molecule has 2 atom stereocenters. The minimum absolute atomic E-state index is 0.0944. The van der Waals surface area contributed by atoms with E-state index in [0.29, 0.717) is 18.7 Å². The fraction of sp³-hybridized carbons (Fsp3) is 0.273. The Bertz CT molecular complexity index is 1180. The Balaban J connectivity index is 1.98. The van der Waals surface area contributed by atoms with Gasteiger partial charge in [0, 0.05) is 12.8 Å². The van der Waals surface area contributed by atoms with E-state index in [1.54, 1.807) is 30.3 Å². The summed E-state index contributed by atoms with van der Waals surface area (Å²) in [5.74, 6) is -0.538. The van der Waals surface area contributed by atoms with Gasteiger partial charge in [0.05, 0.1) is 17.9 Å². The van der Waals surface area contributed by atoms with Gasteiger partial charge in [0.15, 0.2) is 11.1 Å². The van der Waals surface area contributed by atoms with E-state index in [4.69, 9.17) is 9.47 Å². The van der Waals surface area contributed by atoms with Crippen LogP contribution in [0.1, 0.15) is 24.0 Å². The molecule has 9 heteroatoms. The minimum atomic E-state index is -2.38. The summed E-state index contributed by atoms with van der Waals surface area (Å²) in [6.07, 6.45) is 1.06. The van der Waals surface area contributed by atoms with Gasteiger partial charge in [0.2, 0.25) is 12.2 Å². The molecule has 1 fully saturated rings. The first kappa shape index (κ1) is 21.2. The topological polar surface area (TPSA) is 99.8 Å². The lowest BCUT2D eigenvalue weighted by molar-refractivity contribution is -0.0440. The van der Waals surface area contributed by atoms with Gasteiger partial charge in [-0.1, -0.05) is 48.5 Å². The second-order valence-electron chi connectivity index (χ2n) is 7.14. The number of para-hydroxylation sites is 1. The Morgan fingerprint density at radius 2 is 1.74 bits per heavy atom. The molecule has 1 aromatic heterocycles. The Hall–Kier alpha value is -3.01. The first-order valence-electron chi connectivity index (χ1n) is 9.88. The van der Waals surface area contributed by atoms with Crippen LogP contribution in [0, 0.1) is 0 Å². The summed E-state index contributed by atoms with van der Waals surface area (Å²) >= 11 is -2.38. The van der Waals surface area contributed by atoms with Crippen LogP contribution < -0.4 is 16.0 Å². The molecule has 1 N–H and O–H groups in total. The smallest absolute Gasteiger partial charge is 0.339 e. The fourth-order valence-electron chi connectivity index (χ4n) is 3.55. The third-order valence-electron chi connectivity index (χ3n) is 5.00. The number of aromatic nitrogens is 2. The minimum Gasteiger partial charge on any atom is -0.449 e. The van der Waals surface area contributed by atoms with Crippen LogP contribution in [0.4, 0.5) is 0 Å². The molecule has 31 heavy (non-hydrogen) atoms. The van der Waals surface area contributed by atoms with Crippen LogP contribution in [-0.2, 0) is 28.1 Å². The average Bonchev–Trinajstić information content (AvgIpc) is 3.28. The summed E-state index contributed by atoms with van der Waals surface area (Å²) in [5, 5.41) is 0. The summed E-state index contributed by atoms with van der Waals surface area (Å²) in [4.78, 5) is 26.6. The van der Waals surface area contributed by atoms with E-state index >= 15 is 0 Å². The Kier molecular flexibility index (Phi) is 6.45. The van der Waals surface area contributed by atoms with E-state index in [9.17, 15) is 18.4 Å². The molecule has 8 nitrogen and oxygen atoms in total. The van der Waals surface area contributed by atoms with Crippen LogP contribution in [0.2, 0.25) is 0 Å². The molecular formula is C22H22N2O6S. The summed E-state index contributed by atoms with van der Waals surface area (Å²) in [5.41, 5.74) is 0.134. The third kappa shape index (κ3) is 4.68. The van der Waals surface area contributed by atoms with Crippen LogP contribution >= 0.6 is 0 Å². The lowest BCUT2D eigenvalue weighted by Crippen LogP contribution is -2.43. The molecular weight excluding hydrogens is 420 g/mol. The molecule has 0 saturated carbocycles. The maximum Gasteiger partial charge on any atom is 0.339 e. The highest BCUT2D eigenvalue weighted by molar-refractivity contribution is 7.78. The predicted molar refractivity (Wildman–Crippen MR) is 116 cm³/mol. The quantitative estimate of drug-likeness (QED) is 0.564. The number of rotatable bonds is 7. The zero-order valence-electron chi connectivity index (χ0n) is 16.7. The average molecular weight is 442 g/mol. The van der Waals surface area contributed by atoms with Crippen LogP contribution in [0.3, 0.4) is 0 Å². The van der Waals surface area contributed by atoms with Crippen molar-refractivity contribution in [2.75, 3.05) is 6.61 Å². The van der Waals surface area contributed by atoms with E-state index in [1.807, 2.05) is 30.3 Å². The van der Waals surface area contributed by atoms with Gasteiger partial charge in [-0.3, -0.25) is 4.79 Å². The summed E-state index contributed by atoms with van der Waals surface area (Å²) in [6, 6.07) is 18.0. The normalized spacial score (nSPS) is 16.9. The van der Waals surface area contributed by atoms with Crippen molar-refractivity contribution in [1.82, 2.24) is 9.13 Å². The van der Waals surface area contributed by atoms with Crippen molar-refractivity contribution in [3.63, 3.8) is 0 Å². The predicted octanol–water partition coefficient (Wildman–Crippen LogP) is 2.28. The summed E-state index contributed by atoms with van der Waals surface area (Å²) in [6.45, 7) is 0.537. The van der Waals surface area contributed by atoms with Crippen molar-refractivity contribution in [1.29, 1.82) is 0 Å². The lowest BCUT2D eigenvalue weighted by atomic mass is 10.1. The highest BCUT2D eigenvalue weighted by Crippen LogP contribution is 2.25. The van der Waals surface area contributed by atoms with Gasteiger partial charge in [0.25, 0.3) is 5.56 Å². The molecule has 0 radical (unpaired) electrons. The molecule has 0 spiro atoms. The molecule has 0 aliphatic carbocycles. The molecule has 3 aromatic rings. The van der Waals surface area contributed by atoms with Crippen molar-refractivity contribution in [2.45, 2.75) is 31.4 Å². The first-order valence-corrected chi connectivity index (χ1v) is 11.2. The number of benzene rings is 2. The van der Waals surface area contributed by atoms with Gasteiger partial charge < -0.3 is 14.0 Å². The SMILES string of the molecule is O=c1c(Cc2ccccc2)c(OC2CCCO2)n(-c2ccccc2)c(=O)n1CS(=O)O. The second-order valence-corrected chi connectivity index (χ2v) is 8.04. The number of hydrogen-bond acceptors (Lipinski definition) is 5. The van der Waals surface area contributed by atoms with Gasteiger partial charge in [-0.05, 0) is 24.1 Å². The molecule has 2 heterocycles. The van der Waals surface area contributed by atoms with Gasteiger partial charge in [-0.15, -0.1) is 0 Å². The Labute approximate surface area is 181 Å². The van der Waals surface area contributed by atoms with Gasteiger partial charge in [0.1, 0.15) is 5.88 Å². The highest BCUT2D eigenvalue weighted by Gasteiger charge is 2.26. The summed E-state index contributed by atoms with van der Waals surface area (Å²) in [7, 11) is 0.